The molecular weight excluding hydrogens is 298 g/mol. The number of carbonyl (C=O) groups is 2. The van der Waals surface area contributed by atoms with E-state index in [1.54, 1.807) is 0 Å². The number of benzene rings is 1. The van der Waals surface area contributed by atoms with E-state index in [1.165, 1.54) is 4.90 Å². The van der Waals surface area contributed by atoms with E-state index in [0.717, 1.165) is 5.56 Å². The van der Waals surface area contributed by atoms with Gasteiger partial charge in [-0.3, -0.25) is 4.79 Å². The molecule has 0 unspecified atom stereocenters. The number of nitrogens with one attached hydrogen (secondary N) is 1. The molecule has 0 aromatic heterocycles. The first-order chi connectivity index (χ1) is 11.0. The van der Waals surface area contributed by atoms with E-state index in [-0.39, 0.29) is 37.4 Å². The maximum absolute atomic E-state index is 12.1. The predicted octanol–water partition coefficient (Wildman–Crippen LogP) is -0.750. The first-order valence-electron chi connectivity index (χ1n) is 7.65. The summed E-state index contributed by atoms with van der Waals surface area (Å²) in [7, 11) is 0. The summed E-state index contributed by atoms with van der Waals surface area (Å²) in [6, 6.07) is 8.98. The minimum Gasteiger partial charge on any atom is -0.396 e. The van der Waals surface area contributed by atoms with Crippen LogP contribution in [-0.2, 0) is 4.79 Å². The average Bonchev–Trinajstić information content (AvgIpc) is 3.08. The first-order valence-corrected chi connectivity index (χ1v) is 7.65. The number of likely N-dealkylation sites (tertiary alicyclic amines) is 1. The Hall–Kier alpha value is -2.12. The zero-order valence-electron chi connectivity index (χ0n) is 12.7. The van der Waals surface area contributed by atoms with Gasteiger partial charge in [0.15, 0.2) is 0 Å². The monoisotopic (exact) mass is 319 g/mol. The number of hydrogen-bond acceptors (Lipinski definition) is 4. The van der Waals surface area contributed by atoms with Gasteiger partial charge in [-0.25, -0.2) is 4.79 Å². The Labute approximate surface area is 134 Å². The lowest BCUT2D eigenvalue weighted by Crippen LogP contribution is -2.41. The standard InChI is InChI=1S/C16H21N3O4/c17-15(23)18-6-13(22)19-7-12(21)16(9-19)11(8-20)14(16)10-4-2-1-3-5-10/h1-5,11-12,14,20-21H,6-9H2,(H3,17,18,23)/t11-,12-,14-,16-/m1/s1. The lowest BCUT2D eigenvalue weighted by atomic mass is 9.95. The highest BCUT2D eigenvalue weighted by atomic mass is 16.3. The molecule has 1 saturated carbocycles. The highest BCUT2D eigenvalue weighted by Gasteiger charge is 2.71. The zero-order valence-corrected chi connectivity index (χ0v) is 12.7. The van der Waals surface area contributed by atoms with Gasteiger partial charge in [0.05, 0.1) is 12.6 Å². The molecule has 0 radical (unpaired) electrons. The number of aliphatic hydroxyl groups is 2. The molecule has 5 N–H and O–H groups in total. The lowest BCUT2D eigenvalue weighted by molar-refractivity contribution is -0.129. The SMILES string of the molecule is NC(=O)NCC(=O)N1C[C@@H](O)[C@@]2(C1)[C@H](CO)[C@H]2c1ccccc1. The van der Waals surface area contributed by atoms with Gasteiger partial charge in [0.1, 0.15) is 0 Å². The number of carbonyl (C=O) groups excluding carboxylic acids is 2. The topological polar surface area (TPSA) is 116 Å². The van der Waals surface area contributed by atoms with Crippen molar-refractivity contribution < 1.29 is 19.8 Å². The van der Waals surface area contributed by atoms with Crippen molar-refractivity contribution in [2.75, 3.05) is 26.2 Å². The van der Waals surface area contributed by atoms with Crippen LogP contribution >= 0.6 is 0 Å². The normalized spacial score (nSPS) is 32.1. The summed E-state index contributed by atoms with van der Waals surface area (Å²) in [6.07, 6.45) is -0.692. The van der Waals surface area contributed by atoms with Crippen LogP contribution in [0.25, 0.3) is 0 Å². The molecule has 1 aliphatic carbocycles. The molecule has 2 fully saturated rings. The summed E-state index contributed by atoms with van der Waals surface area (Å²) in [5, 5.41) is 22.5. The maximum atomic E-state index is 12.1. The van der Waals surface area contributed by atoms with Gasteiger partial charge in [-0.1, -0.05) is 30.3 Å². The summed E-state index contributed by atoms with van der Waals surface area (Å²) in [5.74, 6) is -0.317. The van der Waals surface area contributed by atoms with Crippen LogP contribution in [0, 0.1) is 11.3 Å². The number of primary amides is 1. The first kappa shape index (κ1) is 15.8. The van der Waals surface area contributed by atoms with Crippen molar-refractivity contribution in [2.24, 2.45) is 17.1 Å². The fraction of sp³-hybridized carbons (Fsp3) is 0.500. The Morgan fingerprint density at radius 2 is 2.04 bits per heavy atom. The molecule has 1 spiro atoms. The van der Waals surface area contributed by atoms with E-state index >= 15 is 0 Å². The van der Waals surface area contributed by atoms with Gasteiger partial charge in [-0.2, -0.15) is 0 Å². The Balaban J connectivity index is 1.75. The van der Waals surface area contributed by atoms with E-state index in [0.29, 0.717) is 6.54 Å². The molecule has 1 saturated heterocycles. The zero-order chi connectivity index (χ0) is 16.6. The summed E-state index contributed by atoms with van der Waals surface area (Å²) < 4.78 is 0. The van der Waals surface area contributed by atoms with Crippen LogP contribution in [0.1, 0.15) is 11.5 Å². The second kappa shape index (κ2) is 5.82. The third-order valence-corrected chi connectivity index (χ3v) is 5.16. The minimum atomic E-state index is -0.755. The van der Waals surface area contributed by atoms with Crippen molar-refractivity contribution in [3.8, 4) is 0 Å². The van der Waals surface area contributed by atoms with Crippen LogP contribution in [0.5, 0.6) is 0 Å². The molecular formula is C16H21N3O4. The quantitative estimate of drug-likeness (QED) is 0.584. The number of hydrogen-bond donors (Lipinski definition) is 4. The highest BCUT2D eigenvalue weighted by molar-refractivity contribution is 5.83. The molecule has 7 heteroatoms. The number of β-amino-alcohol motifs (C(OH)–C–C–N with tert-alkyl or cyclic N) is 1. The Morgan fingerprint density at radius 1 is 1.35 bits per heavy atom. The van der Waals surface area contributed by atoms with Crippen LogP contribution in [0.2, 0.25) is 0 Å². The summed E-state index contributed by atoms with van der Waals surface area (Å²) in [6.45, 7) is 0.369. The average molecular weight is 319 g/mol. The van der Waals surface area contributed by atoms with Crippen LogP contribution in [0.3, 0.4) is 0 Å². The van der Waals surface area contributed by atoms with Gasteiger partial charge < -0.3 is 26.2 Å². The second-order valence-electron chi connectivity index (χ2n) is 6.30. The Bertz CT molecular complexity index is 609. The van der Waals surface area contributed by atoms with E-state index in [1.807, 2.05) is 30.3 Å². The molecule has 1 aromatic carbocycles. The summed E-state index contributed by atoms with van der Waals surface area (Å²) in [4.78, 5) is 24.4. The summed E-state index contributed by atoms with van der Waals surface area (Å²) in [5.41, 5.74) is 5.53. The van der Waals surface area contributed by atoms with Crippen molar-refractivity contribution in [1.82, 2.24) is 10.2 Å². The van der Waals surface area contributed by atoms with Crippen LogP contribution in [-0.4, -0.2) is 59.4 Å². The highest BCUT2D eigenvalue weighted by Crippen LogP contribution is 2.68. The Kier molecular flexibility index (Phi) is 3.99. The van der Waals surface area contributed by atoms with Gasteiger partial charge in [0.2, 0.25) is 5.91 Å². The third kappa shape index (κ3) is 2.55. The Morgan fingerprint density at radius 3 is 2.65 bits per heavy atom. The molecule has 0 bridgehead atoms. The van der Waals surface area contributed by atoms with Crippen LogP contribution in [0.15, 0.2) is 30.3 Å². The molecule has 3 amide bonds. The number of aliphatic hydroxyl groups excluding tert-OH is 2. The third-order valence-electron chi connectivity index (χ3n) is 5.16. The number of nitrogens with two attached hydrogens (primary N) is 1. The van der Waals surface area contributed by atoms with Crippen LogP contribution in [0.4, 0.5) is 4.79 Å². The lowest BCUT2D eigenvalue weighted by Gasteiger charge is -2.16. The van der Waals surface area contributed by atoms with Crippen molar-refractivity contribution in [2.45, 2.75) is 12.0 Å². The van der Waals surface area contributed by atoms with Crippen molar-refractivity contribution >= 4 is 11.9 Å². The number of nitrogens with zero attached hydrogens (tertiary/aromatic N) is 1. The van der Waals surface area contributed by atoms with Crippen molar-refractivity contribution in [1.29, 1.82) is 0 Å². The van der Waals surface area contributed by atoms with E-state index in [2.05, 4.69) is 5.32 Å². The molecule has 1 aliphatic heterocycles. The number of rotatable bonds is 4. The molecule has 2 aliphatic rings. The molecule has 3 rings (SSSR count). The van der Waals surface area contributed by atoms with Crippen molar-refractivity contribution in [3.63, 3.8) is 0 Å². The molecule has 4 atom stereocenters. The smallest absolute Gasteiger partial charge is 0.312 e. The van der Waals surface area contributed by atoms with Gasteiger partial charge in [0.25, 0.3) is 0 Å². The largest absolute Gasteiger partial charge is 0.396 e. The maximum Gasteiger partial charge on any atom is 0.312 e. The van der Waals surface area contributed by atoms with Crippen LogP contribution < -0.4 is 11.1 Å². The van der Waals surface area contributed by atoms with E-state index < -0.39 is 17.6 Å². The fourth-order valence-corrected chi connectivity index (χ4v) is 4.03. The molecule has 23 heavy (non-hydrogen) atoms. The molecule has 1 heterocycles. The molecule has 7 nitrogen and oxygen atoms in total. The van der Waals surface area contributed by atoms with E-state index in [9.17, 15) is 19.8 Å². The predicted molar refractivity (Wildman–Crippen MR) is 82.4 cm³/mol. The van der Waals surface area contributed by atoms with Gasteiger partial charge in [-0.15, -0.1) is 0 Å². The van der Waals surface area contributed by atoms with Gasteiger partial charge in [0, 0.05) is 25.1 Å². The van der Waals surface area contributed by atoms with Gasteiger partial charge >= 0.3 is 6.03 Å². The summed E-state index contributed by atoms with van der Waals surface area (Å²) >= 11 is 0. The number of amides is 3. The van der Waals surface area contributed by atoms with E-state index in [4.69, 9.17) is 5.73 Å². The number of urea groups is 1. The molecule has 1 aromatic rings. The molecule has 124 valence electrons. The second-order valence-corrected chi connectivity index (χ2v) is 6.30. The fourth-order valence-electron chi connectivity index (χ4n) is 4.03. The van der Waals surface area contributed by atoms with Gasteiger partial charge in [-0.05, 0) is 17.4 Å². The minimum absolute atomic E-state index is 0.0296. The van der Waals surface area contributed by atoms with Crippen molar-refractivity contribution in [3.05, 3.63) is 35.9 Å².